The van der Waals surface area contributed by atoms with E-state index in [9.17, 15) is 22.8 Å². The lowest BCUT2D eigenvalue weighted by atomic mass is 10.1. The van der Waals surface area contributed by atoms with Gasteiger partial charge in [-0.3, -0.25) is 4.79 Å². The average Bonchev–Trinajstić information content (AvgIpc) is 2.57. The number of hydrogen-bond acceptors (Lipinski definition) is 7. The van der Waals surface area contributed by atoms with E-state index in [1.165, 1.54) is 19.9 Å². The van der Waals surface area contributed by atoms with Gasteiger partial charge in [-0.1, -0.05) is 13.8 Å². The SMILES string of the molecule is COC(=O)c1ccc(C(=O)OC)c(S(=O)(=O)N[C@H](C(=O)O)C(C)C)c1. The molecule has 0 spiro atoms. The Morgan fingerprint density at radius 3 is 2.08 bits per heavy atom. The number of hydrogen-bond donors (Lipinski definition) is 2. The standard InChI is InChI=1S/C15H19NO8S/c1-8(2)12(13(17)18)16-25(21,22)11-7-9(14(19)23-3)5-6-10(11)15(20)24-4/h5-8,12,16H,1-4H3,(H,17,18)/t12-/m0/s1. The zero-order valence-electron chi connectivity index (χ0n) is 14.1. The molecule has 1 aromatic carbocycles. The number of benzene rings is 1. The van der Waals surface area contributed by atoms with E-state index in [1.807, 2.05) is 4.72 Å². The highest BCUT2D eigenvalue weighted by molar-refractivity contribution is 7.89. The molecule has 1 rings (SSSR count). The summed E-state index contributed by atoms with van der Waals surface area (Å²) in [5.74, 6) is -3.69. The Labute approximate surface area is 145 Å². The second-order valence-corrected chi connectivity index (χ2v) is 7.06. The lowest BCUT2D eigenvalue weighted by Gasteiger charge is -2.19. The summed E-state index contributed by atoms with van der Waals surface area (Å²) in [5, 5.41) is 9.17. The maximum atomic E-state index is 12.6. The number of nitrogens with one attached hydrogen (secondary N) is 1. The highest BCUT2D eigenvalue weighted by Gasteiger charge is 2.31. The number of carbonyl (C=O) groups is 3. The highest BCUT2D eigenvalue weighted by atomic mass is 32.2. The van der Waals surface area contributed by atoms with Crippen molar-refractivity contribution in [2.75, 3.05) is 14.2 Å². The molecule has 0 bridgehead atoms. The van der Waals surface area contributed by atoms with Gasteiger partial charge in [-0.25, -0.2) is 18.0 Å². The fourth-order valence-corrected chi connectivity index (χ4v) is 3.53. The van der Waals surface area contributed by atoms with E-state index >= 15 is 0 Å². The molecule has 0 aliphatic heterocycles. The monoisotopic (exact) mass is 373 g/mol. The number of methoxy groups -OCH3 is 2. The molecule has 1 atom stereocenters. The van der Waals surface area contributed by atoms with E-state index in [0.717, 1.165) is 26.4 Å². The third-order valence-electron chi connectivity index (χ3n) is 3.31. The average molecular weight is 373 g/mol. The van der Waals surface area contributed by atoms with Crippen molar-refractivity contribution >= 4 is 27.9 Å². The first kappa shape index (κ1) is 20.6. The first-order chi connectivity index (χ1) is 11.5. The molecule has 2 N–H and O–H groups in total. The molecule has 0 amide bonds. The molecule has 0 saturated carbocycles. The molecular formula is C15H19NO8S. The number of carbonyl (C=O) groups excluding carboxylic acids is 2. The number of ether oxygens (including phenoxy) is 2. The van der Waals surface area contributed by atoms with Crippen LogP contribution in [-0.2, 0) is 24.3 Å². The Kier molecular flexibility index (Phi) is 6.65. The van der Waals surface area contributed by atoms with Crippen LogP contribution in [0.2, 0.25) is 0 Å². The number of carboxylic acid groups (broad SMARTS) is 1. The van der Waals surface area contributed by atoms with Crippen LogP contribution in [0.5, 0.6) is 0 Å². The first-order valence-corrected chi connectivity index (χ1v) is 8.59. The summed E-state index contributed by atoms with van der Waals surface area (Å²) in [6.07, 6.45) is 0. The topological polar surface area (TPSA) is 136 Å². The van der Waals surface area contributed by atoms with Gasteiger partial charge in [0.05, 0.1) is 30.2 Å². The van der Waals surface area contributed by atoms with Gasteiger partial charge in [-0.15, -0.1) is 0 Å². The molecule has 10 heteroatoms. The molecule has 0 aromatic heterocycles. The van der Waals surface area contributed by atoms with Crippen molar-refractivity contribution in [3.8, 4) is 0 Å². The number of esters is 2. The predicted octanol–water partition coefficient (Wildman–Crippen LogP) is 0.647. The van der Waals surface area contributed by atoms with Crippen molar-refractivity contribution in [2.45, 2.75) is 24.8 Å². The molecule has 0 heterocycles. The van der Waals surface area contributed by atoms with Gasteiger partial charge in [0.1, 0.15) is 6.04 Å². The van der Waals surface area contributed by atoms with E-state index < -0.39 is 44.8 Å². The zero-order valence-corrected chi connectivity index (χ0v) is 14.9. The first-order valence-electron chi connectivity index (χ1n) is 7.11. The van der Waals surface area contributed by atoms with Gasteiger partial charge >= 0.3 is 17.9 Å². The summed E-state index contributed by atoms with van der Waals surface area (Å²) in [6, 6.07) is 1.81. The number of carboxylic acids is 1. The minimum Gasteiger partial charge on any atom is -0.480 e. The van der Waals surface area contributed by atoms with Crippen LogP contribution in [0, 0.1) is 5.92 Å². The molecule has 0 fully saturated rings. The van der Waals surface area contributed by atoms with E-state index in [4.69, 9.17) is 5.11 Å². The normalized spacial score (nSPS) is 12.5. The van der Waals surface area contributed by atoms with Crippen LogP contribution >= 0.6 is 0 Å². The summed E-state index contributed by atoms with van der Waals surface area (Å²) in [5.41, 5.74) is -0.456. The molecule has 0 saturated heterocycles. The van der Waals surface area contributed by atoms with Crippen LogP contribution in [0.25, 0.3) is 0 Å². The molecule has 0 aliphatic carbocycles. The number of sulfonamides is 1. The predicted molar refractivity (Wildman–Crippen MR) is 85.7 cm³/mol. The number of aliphatic carboxylic acids is 1. The largest absolute Gasteiger partial charge is 0.480 e. The third kappa shape index (κ3) is 4.77. The lowest BCUT2D eigenvalue weighted by Crippen LogP contribution is -2.44. The molecular weight excluding hydrogens is 354 g/mol. The van der Waals surface area contributed by atoms with Crippen molar-refractivity contribution < 1.29 is 37.4 Å². The minimum atomic E-state index is -4.44. The van der Waals surface area contributed by atoms with Crippen LogP contribution in [0.1, 0.15) is 34.6 Å². The third-order valence-corrected chi connectivity index (χ3v) is 4.79. The van der Waals surface area contributed by atoms with Gasteiger partial charge in [0.25, 0.3) is 0 Å². The molecule has 25 heavy (non-hydrogen) atoms. The van der Waals surface area contributed by atoms with Crippen LogP contribution in [-0.4, -0.2) is 51.7 Å². The molecule has 138 valence electrons. The summed E-state index contributed by atoms with van der Waals surface area (Å²) < 4.78 is 36.3. The minimum absolute atomic E-state index is 0.119. The van der Waals surface area contributed by atoms with Gasteiger partial charge in [0.15, 0.2) is 0 Å². The Hall–Kier alpha value is -2.46. The summed E-state index contributed by atoms with van der Waals surface area (Å²) in [7, 11) is -2.26. The van der Waals surface area contributed by atoms with Gasteiger partial charge in [-0.05, 0) is 24.1 Å². The summed E-state index contributed by atoms with van der Waals surface area (Å²) in [4.78, 5) is 34.2. The van der Waals surface area contributed by atoms with Crippen molar-refractivity contribution in [3.05, 3.63) is 29.3 Å². The second kappa shape index (κ2) is 8.08. The van der Waals surface area contributed by atoms with Crippen LogP contribution in [0.15, 0.2) is 23.1 Å². The van der Waals surface area contributed by atoms with Crippen molar-refractivity contribution in [3.63, 3.8) is 0 Å². The smallest absolute Gasteiger partial charge is 0.339 e. The van der Waals surface area contributed by atoms with Crippen molar-refractivity contribution in [1.29, 1.82) is 0 Å². The maximum absolute atomic E-state index is 12.6. The second-order valence-electron chi connectivity index (χ2n) is 5.38. The molecule has 1 aromatic rings. The Morgan fingerprint density at radius 2 is 1.64 bits per heavy atom. The summed E-state index contributed by atoms with van der Waals surface area (Å²) >= 11 is 0. The zero-order chi connectivity index (χ0) is 19.4. The fraction of sp³-hybridized carbons (Fsp3) is 0.400. The molecule has 9 nitrogen and oxygen atoms in total. The number of rotatable bonds is 7. The van der Waals surface area contributed by atoms with Crippen LogP contribution < -0.4 is 4.72 Å². The highest BCUT2D eigenvalue weighted by Crippen LogP contribution is 2.21. The van der Waals surface area contributed by atoms with Crippen LogP contribution in [0.4, 0.5) is 0 Å². The van der Waals surface area contributed by atoms with E-state index in [0.29, 0.717) is 0 Å². The maximum Gasteiger partial charge on any atom is 0.339 e. The van der Waals surface area contributed by atoms with E-state index in [2.05, 4.69) is 9.47 Å². The lowest BCUT2D eigenvalue weighted by molar-refractivity contribution is -0.140. The van der Waals surface area contributed by atoms with Crippen molar-refractivity contribution in [1.82, 2.24) is 4.72 Å². The summed E-state index contributed by atoms with van der Waals surface area (Å²) in [6.45, 7) is 3.04. The molecule has 0 aliphatic rings. The Balaban J connectivity index is 3.51. The van der Waals surface area contributed by atoms with E-state index in [1.54, 1.807) is 0 Å². The molecule has 0 unspecified atom stereocenters. The van der Waals surface area contributed by atoms with Gasteiger partial charge in [0.2, 0.25) is 10.0 Å². The Morgan fingerprint density at radius 1 is 1.08 bits per heavy atom. The van der Waals surface area contributed by atoms with Gasteiger partial charge in [0, 0.05) is 0 Å². The van der Waals surface area contributed by atoms with Crippen molar-refractivity contribution in [2.24, 2.45) is 5.92 Å². The van der Waals surface area contributed by atoms with Crippen LogP contribution in [0.3, 0.4) is 0 Å². The quantitative estimate of drug-likeness (QED) is 0.665. The molecule has 0 radical (unpaired) electrons. The fourth-order valence-electron chi connectivity index (χ4n) is 1.97. The van der Waals surface area contributed by atoms with Gasteiger partial charge in [-0.2, -0.15) is 4.72 Å². The van der Waals surface area contributed by atoms with Gasteiger partial charge < -0.3 is 14.6 Å². The Bertz CT molecular complexity index is 785. The van der Waals surface area contributed by atoms with E-state index in [-0.39, 0.29) is 11.1 Å².